The van der Waals surface area contributed by atoms with E-state index < -0.39 is 16.6 Å². The van der Waals surface area contributed by atoms with E-state index in [2.05, 4.69) is 37.2 Å². The van der Waals surface area contributed by atoms with Gasteiger partial charge in [0, 0.05) is 10.5 Å². The zero-order chi connectivity index (χ0) is 15.6. The Morgan fingerprint density at radius 3 is 2.57 bits per heavy atom. The largest absolute Gasteiger partial charge is 0.319 e. The number of nitro groups is 1. The van der Waals surface area contributed by atoms with Crippen molar-refractivity contribution in [1.29, 1.82) is 0 Å². The number of benzene rings is 2. The third-order valence-electron chi connectivity index (χ3n) is 2.60. The lowest BCUT2D eigenvalue weighted by Gasteiger charge is -2.08. The highest BCUT2D eigenvalue weighted by molar-refractivity contribution is 9.11. The average Bonchev–Trinajstić information content (AvgIpc) is 2.41. The molecule has 0 atom stereocenters. The van der Waals surface area contributed by atoms with Crippen LogP contribution in [-0.2, 0) is 0 Å². The summed E-state index contributed by atoms with van der Waals surface area (Å²) >= 11 is 6.13. The summed E-state index contributed by atoms with van der Waals surface area (Å²) in [5, 5.41) is 13.2. The van der Waals surface area contributed by atoms with Crippen LogP contribution in [-0.4, -0.2) is 10.8 Å². The molecule has 0 unspecified atom stereocenters. The molecule has 0 radical (unpaired) electrons. The van der Waals surface area contributed by atoms with Crippen molar-refractivity contribution in [3.63, 3.8) is 0 Å². The van der Waals surface area contributed by atoms with E-state index in [0.29, 0.717) is 4.47 Å². The van der Waals surface area contributed by atoms with E-state index in [1.165, 1.54) is 30.3 Å². The summed E-state index contributed by atoms with van der Waals surface area (Å²) in [5.41, 5.74) is -0.202. The van der Waals surface area contributed by atoms with Crippen molar-refractivity contribution in [1.82, 2.24) is 0 Å². The van der Waals surface area contributed by atoms with E-state index in [4.69, 9.17) is 0 Å². The van der Waals surface area contributed by atoms with Crippen molar-refractivity contribution in [3.05, 3.63) is 66.8 Å². The van der Waals surface area contributed by atoms with Gasteiger partial charge in [-0.25, -0.2) is 4.39 Å². The van der Waals surface area contributed by atoms with Crippen molar-refractivity contribution in [3.8, 4) is 0 Å². The first-order valence-electron chi connectivity index (χ1n) is 5.59. The van der Waals surface area contributed by atoms with E-state index in [1.54, 1.807) is 6.07 Å². The summed E-state index contributed by atoms with van der Waals surface area (Å²) in [6.45, 7) is 0. The molecule has 0 spiro atoms. The molecule has 2 aromatic carbocycles. The van der Waals surface area contributed by atoms with Crippen molar-refractivity contribution in [2.24, 2.45) is 0 Å². The SMILES string of the molecule is O=C(Nc1ccc(Br)cc1F)c1cccc([N+](=O)[O-])c1Br. The van der Waals surface area contributed by atoms with E-state index in [9.17, 15) is 19.3 Å². The fraction of sp³-hybridized carbons (Fsp3) is 0. The lowest BCUT2D eigenvalue weighted by Crippen LogP contribution is -2.14. The van der Waals surface area contributed by atoms with Gasteiger partial charge in [-0.15, -0.1) is 0 Å². The van der Waals surface area contributed by atoms with Gasteiger partial charge in [0.25, 0.3) is 11.6 Å². The van der Waals surface area contributed by atoms with Crippen LogP contribution in [0.5, 0.6) is 0 Å². The molecule has 2 rings (SSSR count). The van der Waals surface area contributed by atoms with E-state index in [-0.39, 0.29) is 21.4 Å². The van der Waals surface area contributed by atoms with Crippen LogP contribution in [0, 0.1) is 15.9 Å². The first kappa shape index (κ1) is 15.6. The normalized spacial score (nSPS) is 10.2. The summed E-state index contributed by atoms with van der Waals surface area (Å²) in [6, 6.07) is 8.22. The van der Waals surface area contributed by atoms with Crippen LogP contribution in [0.2, 0.25) is 0 Å². The standard InChI is InChI=1S/C13H7Br2FN2O3/c14-7-4-5-10(9(16)6-7)17-13(19)8-2-1-3-11(12(8)15)18(20)21/h1-6H,(H,17,19). The molecular formula is C13H7Br2FN2O3. The van der Waals surface area contributed by atoms with Crippen molar-refractivity contribution < 1.29 is 14.1 Å². The average molecular weight is 418 g/mol. The molecule has 8 heteroatoms. The van der Waals surface area contributed by atoms with Gasteiger partial charge in [0.2, 0.25) is 0 Å². The number of rotatable bonds is 3. The number of halogens is 3. The van der Waals surface area contributed by atoms with Gasteiger partial charge >= 0.3 is 0 Å². The van der Waals surface area contributed by atoms with Gasteiger partial charge in [-0.3, -0.25) is 14.9 Å². The predicted molar refractivity (Wildman–Crippen MR) is 82.8 cm³/mol. The fourth-order valence-corrected chi connectivity index (χ4v) is 2.54. The molecule has 0 aliphatic carbocycles. The van der Waals surface area contributed by atoms with Gasteiger partial charge in [-0.2, -0.15) is 0 Å². The van der Waals surface area contributed by atoms with E-state index >= 15 is 0 Å². The number of amides is 1. The number of nitro benzene ring substituents is 1. The summed E-state index contributed by atoms with van der Waals surface area (Å²) in [4.78, 5) is 22.3. The Balaban J connectivity index is 2.33. The second-order valence-corrected chi connectivity index (χ2v) is 5.68. The molecule has 0 bridgehead atoms. The smallest absolute Gasteiger partial charge is 0.284 e. The highest BCUT2D eigenvalue weighted by Crippen LogP contribution is 2.29. The Labute approximate surface area is 135 Å². The summed E-state index contributed by atoms with van der Waals surface area (Å²) in [6.07, 6.45) is 0. The maximum Gasteiger partial charge on any atom is 0.284 e. The molecule has 0 aliphatic rings. The van der Waals surface area contributed by atoms with Crippen LogP contribution in [0.1, 0.15) is 10.4 Å². The first-order valence-corrected chi connectivity index (χ1v) is 7.18. The van der Waals surface area contributed by atoms with Crippen LogP contribution in [0.15, 0.2) is 45.3 Å². The van der Waals surface area contributed by atoms with Crippen LogP contribution in [0.4, 0.5) is 15.8 Å². The molecule has 5 nitrogen and oxygen atoms in total. The van der Waals surface area contributed by atoms with Crippen LogP contribution >= 0.6 is 31.9 Å². The molecule has 0 heterocycles. The molecule has 1 amide bonds. The van der Waals surface area contributed by atoms with Crippen molar-refractivity contribution in [2.45, 2.75) is 0 Å². The Bertz CT molecular complexity index is 737. The highest BCUT2D eigenvalue weighted by Gasteiger charge is 2.20. The Hall–Kier alpha value is -1.80. The van der Waals surface area contributed by atoms with Crippen LogP contribution < -0.4 is 5.32 Å². The zero-order valence-corrected chi connectivity index (χ0v) is 13.4. The van der Waals surface area contributed by atoms with Crippen LogP contribution in [0.3, 0.4) is 0 Å². The monoisotopic (exact) mass is 416 g/mol. The number of nitrogens with one attached hydrogen (secondary N) is 1. The van der Waals surface area contributed by atoms with E-state index in [0.717, 1.165) is 0 Å². The molecule has 108 valence electrons. The number of anilines is 1. The third kappa shape index (κ3) is 3.45. The van der Waals surface area contributed by atoms with Gasteiger partial charge in [-0.1, -0.05) is 22.0 Å². The third-order valence-corrected chi connectivity index (χ3v) is 3.93. The summed E-state index contributed by atoms with van der Waals surface area (Å²) in [5.74, 6) is -1.26. The molecule has 0 saturated heterocycles. The van der Waals surface area contributed by atoms with Gasteiger partial charge in [0.15, 0.2) is 0 Å². The van der Waals surface area contributed by atoms with Crippen molar-refractivity contribution in [2.75, 3.05) is 5.32 Å². The molecular weight excluding hydrogens is 411 g/mol. The number of hydrogen-bond acceptors (Lipinski definition) is 3. The number of carbonyl (C=O) groups is 1. The summed E-state index contributed by atoms with van der Waals surface area (Å²) in [7, 11) is 0. The van der Waals surface area contributed by atoms with Crippen molar-refractivity contribution >= 4 is 49.1 Å². The lowest BCUT2D eigenvalue weighted by atomic mass is 10.2. The quantitative estimate of drug-likeness (QED) is 0.589. The Kier molecular flexibility index (Phi) is 4.69. The van der Waals surface area contributed by atoms with Crippen LogP contribution in [0.25, 0.3) is 0 Å². The number of carbonyl (C=O) groups excluding carboxylic acids is 1. The number of nitrogens with zero attached hydrogens (tertiary/aromatic N) is 1. The Morgan fingerprint density at radius 2 is 1.95 bits per heavy atom. The summed E-state index contributed by atoms with van der Waals surface area (Å²) < 4.78 is 14.3. The molecule has 0 saturated carbocycles. The van der Waals surface area contributed by atoms with Gasteiger partial charge in [0.05, 0.1) is 16.2 Å². The second-order valence-electron chi connectivity index (χ2n) is 3.97. The molecule has 0 aliphatic heterocycles. The molecule has 0 fully saturated rings. The molecule has 1 N–H and O–H groups in total. The molecule has 21 heavy (non-hydrogen) atoms. The van der Waals surface area contributed by atoms with Gasteiger partial charge in [-0.05, 0) is 40.2 Å². The predicted octanol–water partition coefficient (Wildman–Crippen LogP) is 4.51. The fourth-order valence-electron chi connectivity index (χ4n) is 1.62. The minimum Gasteiger partial charge on any atom is -0.319 e. The minimum atomic E-state index is -0.646. The molecule has 2 aromatic rings. The maximum absolute atomic E-state index is 13.7. The molecule has 0 aromatic heterocycles. The van der Waals surface area contributed by atoms with Gasteiger partial charge < -0.3 is 5.32 Å². The topological polar surface area (TPSA) is 72.2 Å². The second kappa shape index (κ2) is 6.31. The Morgan fingerprint density at radius 1 is 1.24 bits per heavy atom. The highest BCUT2D eigenvalue weighted by atomic mass is 79.9. The zero-order valence-electron chi connectivity index (χ0n) is 10.3. The number of hydrogen-bond donors (Lipinski definition) is 1. The lowest BCUT2D eigenvalue weighted by molar-refractivity contribution is -0.385. The van der Waals surface area contributed by atoms with Gasteiger partial charge in [0.1, 0.15) is 10.3 Å². The minimum absolute atomic E-state index is 0.0124. The first-order chi connectivity index (χ1) is 9.90. The van der Waals surface area contributed by atoms with E-state index in [1.807, 2.05) is 0 Å². The maximum atomic E-state index is 13.7.